The highest BCUT2D eigenvalue weighted by Crippen LogP contribution is 2.33. The Morgan fingerprint density at radius 3 is 2.39 bits per heavy atom. The lowest BCUT2D eigenvalue weighted by Crippen LogP contribution is -2.31. The van der Waals surface area contributed by atoms with Gasteiger partial charge in [-0.2, -0.15) is 0 Å². The minimum atomic E-state index is -1.08. The third-order valence-corrected chi connectivity index (χ3v) is 5.04. The predicted octanol–water partition coefficient (Wildman–Crippen LogP) is 4.18. The van der Waals surface area contributed by atoms with Crippen LogP contribution < -0.4 is 20.1 Å². The standard InChI is InChI=1S/C24H17ClN2O6/c25-18-4-2-1-3-17(18)22(28)27-19(11-14-5-10-20-21(12-14)33-13-32-20)23(29)26-16-8-6-15(7-9-16)24(30)31/h1-12H,13H2,(H,26,29)(H,27,28)(H,30,31)/b19-11+. The van der Waals surface area contributed by atoms with Crippen LogP contribution in [-0.4, -0.2) is 29.7 Å². The van der Waals surface area contributed by atoms with E-state index in [0.29, 0.717) is 22.7 Å². The molecule has 0 spiro atoms. The first-order valence-electron chi connectivity index (χ1n) is 9.72. The molecule has 166 valence electrons. The van der Waals surface area contributed by atoms with Gasteiger partial charge in [0.15, 0.2) is 11.5 Å². The molecule has 0 radical (unpaired) electrons. The number of nitrogens with one attached hydrogen (secondary N) is 2. The quantitative estimate of drug-likeness (QED) is 0.472. The van der Waals surface area contributed by atoms with Crippen molar-refractivity contribution in [2.45, 2.75) is 0 Å². The van der Waals surface area contributed by atoms with Crippen LogP contribution in [0.1, 0.15) is 26.3 Å². The van der Waals surface area contributed by atoms with Gasteiger partial charge in [-0.25, -0.2) is 4.79 Å². The molecule has 9 heteroatoms. The molecule has 1 aliphatic rings. The maximum atomic E-state index is 13.0. The molecule has 33 heavy (non-hydrogen) atoms. The molecule has 1 heterocycles. The van der Waals surface area contributed by atoms with Crippen molar-refractivity contribution in [1.82, 2.24) is 5.32 Å². The SMILES string of the molecule is O=C(Nc1ccc(C(=O)O)cc1)/C(=C\c1ccc2c(c1)OCO2)NC(=O)c1ccccc1Cl. The van der Waals surface area contributed by atoms with Crippen LogP contribution in [0.4, 0.5) is 5.69 Å². The Kier molecular flexibility index (Phi) is 6.28. The molecule has 0 bridgehead atoms. The molecular weight excluding hydrogens is 448 g/mol. The number of carboxylic acids is 1. The van der Waals surface area contributed by atoms with Gasteiger partial charge in [0.05, 0.1) is 16.1 Å². The zero-order valence-electron chi connectivity index (χ0n) is 17.0. The topological polar surface area (TPSA) is 114 Å². The van der Waals surface area contributed by atoms with Crippen LogP contribution in [-0.2, 0) is 4.79 Å². The van der Waals surface area contributed by atoms with Gasteiger partial charge in [-0.05, 0) is 60.2 Å². The van der Waals surface area contributed by atoms with Crippen LogP contribution in [0.25, 0.3) is 6.08 Å². The molecule has 0 fully saturated rings. The van der Waals surface area contributed by atoms with Gasteiger partial charge in [0.25, 0.3) is 11.8 Å². The Bertz CT molecular complexity index is 1270. The Morgan fingerprint density at radius 2 is 1.67 bits per heavy atom. The van der Waals surface area contributed by atoms with Crippen LogP contribution in [0.15, 0.2) is 72.4 Å². The highest BCUT2D eigenvalue weighted by Gasteiger charge is 2.18. The molecule has 0 aromatic heterocycles. The van der Waals surface area contributed by atoms with Gasteiger partial charge in [-0.3, -0.25) is 9.59 Å². The minimum Gasteiger partial charge on any atom is -0.478 e. The number of benzene rings is 3. The van der Waals surface area contributed by atoms with E-state index in [1.807, 2.05) is 0 Å². The molecule has 1 aliphatic heterocycles. The lowest BCUT2D eigenvalue weighted by molar-refractivity contribution is -0.113. The summed E-state index contributed by atoms with van der Waals surface area (Å²) in [6, 6.07) is 17.2. The summed E-state index contributed by atoms with van der Waals surface area (Å²) in [7, 11) is 0. The summed E-state index contributed by atoms with van der Waals surface area (Å²) in [5.74, 6) is -1.16. The number of carbonyl (C=O) groups excluding carboxylic acids is 2. The van der Waals surface area contributed by atoms with E-state index in [1.54, 1.807) is 42.5 Å². The van der Waals surface area contributed by atoms with Crippen molar-refractivity contribution in [1.29, 1.82) is 0 Å². The maximum absolute atomic E-state index is 13.0. The number of carboxylic acid groups (broad SMARTS) is 1. The molecule has 3 aromatic carbocycles. The lowest BCUT2D eigenvalue weighted by Gasteiger charge is -2.12. The molecular formula is C24H17ClN2O6. The van der Waals surface area contributed by atoms with E-state index in [4.69, 9.17) is 26.2 Å². The van der Waals surface area contributed by atoms with Gasteiger partial charge in [-0.1, -0.05) is 29.8 Å². The Balaban J connectivity index is 1.62. The molecule has 0 atom stereocenters. The molecule has 0 saturated carbocycles. The average molecular weight is 465 g/mol. The van der Waals surface area contributed by atoms with Gasteiger partial charge in [-0.15, -0.1) is 0 Å². The van der Waals surface area contributed by atoms with Crippen LogP contribution >= 0.6 is 11.6 Å². The fraction of sp³-hybridized carbons (Fsp3) is 0.0417. The molecule has 0 aliphatic carbocycles. The first-order valence-corrected chi connectivity index (χ1v) is 10.1. The second kappa shape index (κ2) is 9.46. The Labute approximate surface area is 193 Å². The van der Waals surface area contributed by atoms with Gasteiger partial charge in [0.2, 0.25) is 6.79 Å². The van der Waals surface area contributed by atoms with E-state index < -0.39 is 17.8 Å². The fourth-order valence-electron chi connectivity index (χ4n) is 3.06. The van der Waals surface area contributed by atoms with Crippen molar-refractivity contribution in [3.05, 3.63) is 94.1 Å². The smallest absolute Gasteiger partial charge is 0.335 e. The van der Waals surface area contributed by atoms with E-state index in [9.17, 15) is 14.4 Å². The molecule has 3 N–H and O–H groups in total. The summed E-state index contributed by atoms with van der Waals surface area (Å²) < 4.78 is 10.7. The molecule has 0 unspecified atom stereocenters. The number of fused-ring (bicyclic) bond motifs is 1. The van der Waals surface area contributed by atoms with Crippen LogP contribution in [0.5, 0.6) is 11.5 Å². The first-order chi connectivity index (χ1) is 15.9. The van der Waals surface area contributed by atoms with Crippen molar-refractivity contribution in [2.24, 2.45) is 0 Å². The average Bonchev–Trinajstić information content (AvgIpc) is 3.27. The number of rotatable bonds is 6. The molecule has 2 amide bonds. The Morgan fingerprint density at radius 1 is 0.939 bits per heavy atom. The van der Waals surface area contributed by atoms with Gasteiger partial charge in [0, 0.05) is 5.69 Å². The minimum absolute atomic E-state index is 0.0545. The van der Waals surface area contributed by atoms with E-state index in [0.717, 1.165) is 0 Å². The van der Waals surface area contributed by atoms with Crippen LogP contribution in [0.3, 0.4) is 0 Å². The van der Waals surface area contributed by atoms with E-state index in [1.165, 1.54) is 30.3 Å². The zero-order chi connectivity index (χ0) is 23.4. The third-order valence-electron chi connectivity index (χ3n) is 4.71. The highest BCUT2D eigenvalue weighted by atomic mass is 35.5. The van der Waals surface area contributed by atoms with E-state index >= 15 is 0 Å². The molecule has 4 rings (SSSR count). The largest absolute Gasteiger partial charge is 0.478 e. The number of halogens is 1. The summed E-state index contributed by atoms with van der Waals surface area (Å²) >= 11 is 6.12. The van der Waals surface area contributed by atoms with Crippen LogP contribution in [0.2, 0.25) is 5.02 Å². The second-order valence-corrected chi connectivity index (χ2v) is 7.35. The monoisotopic (exact) mass is 464 g/mol. The van der Waals surface area contributed by atoms with Crippen LogP contribution in [0, 0.1) is 0 Å². The predicted molar refractivity (Wildman–Crippen MR) is 121 cm³/mol. The summed E-state index contributed by atoms with van der Waals surface area (Å²) in [5.41, 5.74) is 1.17. The van der Waals surface area contributed by atoms with Gasteiger partial charge in [0.1, 0.15) is 5.70 Å². The van der Waals surface area contributed by atoms with Crippen molar-refractivity contribution >= 4 is 41.1 Å². The molecule has 3 aromatic rings. The number of amides is 2. The Hall–Kier alpha value is -4.30. The number of aromatic carboxylic acids is 1. The van der Waals surface area contributed by atoms with Crippen molar-refractivity contribution < 1.29 is 29.0 Å². The third kappa shape index (κ3) is 5.13. The normalized spacial score (nSPS) is 12.2. The second-order valence-electron chi connectivity index (χ2n) is 6.94. The van der Waals surface area contributed by atoms with E-state index in [2.05, 4.69) is 10.6 Å². The summed E-state index contributed by atoms with van der Waals surface area (Å²) in [6.45, 7) is 0.103. The highest BCUT2D eigenvalue weighted by molar-refractivity contribution is 6.34. The number of anilines is 1. The van der Waals surface area contributed by atoms with Crippen molar-refractivity contribution in [3.63, 3.8) is 0 Å². The number of carbonyl (C=O) groups is 3. The summed E-state index contributed by atoms with van der Waals surface area (Å²) in [4.78, 5) is 36.9. The summed E-state index contributed by atoms with van der Waals surface area (Å²) in [5, 5.41) is 14.5. The van der Waals surface area contributed by atoms with Crippen molar-refractivity contribution in [3.8, 4) is 11.5 Å². The molecule has 8 nitrogen and oxygen atoms in total. The number of hydrogen-bond acceptors (Lipinski definition) is 5. The summed E-state index contributed by atoms with van der Waals surface area (Å²) in [6.07, 6.45) is 1.48. The molecule has 0 saturated heterocycles. The zero-order valence-corrected chi connectivity index (χ0v) is 17.8. The van der Waals surface area contributed by atoms with Gasteiger partial charge >= 0.3 is 5.97 Å². The number of ether oxygens (including phenoxy) is 2. The maximum Gasteiger partial charge on any atom is 0.335 e. The first kappa shape index (κ1) is 21.9. The lowest BCUT2D eigenvalue weighted by atomic mass is 10.1. The van der Waals surface area contributed by atoms with Crippen molar-refractivity contribution in [2.75, 3.05) is 12.1 Å². The fourth-order valence-corrected chi connectivity index (χ4v) is 3.28. The van der Waals surface area contributed by atoms with E-state index in [-0.39, 0.29) is 28.6 Å². The number of hydrogen-bond donors (Lipinski definition) is 3. The van der Waals surface area contributed by atoms with Gasteiger partial charge < -0.3 is 25.2 Å².